The number of imidazole rings is 2. The second-order valence-electron chi connectivity index (χ2n) is 7.89. The smallest absolute Gasteiger partial charge is 0.333 e. The Hall–Kier alpha value is -4.66. The van der Waals surface area contributed by atoms with Gasteiger partial charge in [0.15, 0.2) is 0 Å². The standard InChI is InChI=1S/C25H20N6O3/c1-29-20-13-27-18-6-4-15(16-5-8-21-26-10-11-30(21)14-16)12-17(18)23(20)31(25(29)32)19-7-9-22(33-2)28-24(19)34-3/h4-14H,1-3H3. The number of hydrogen-bond acceptors (Lipinski definition) is 6. The average Bonchev–Trinajstić information content (AvgIpc) is 3.45. The molecule has 0 aliphatic carbocycles. The molecule has 168 valence electrons. The Morgan fingerprint density at radius 2 is 1.79 bits per heavy atom. The number of nitrogens with zero attached hydrogens (tertiary/aromatic N) is 6. The fourth-order valence-electron chi connectivity index (χ4n) is 4.34. The zero-order valence-electron chi connectivity index (χ0n) is 18.8. The van der Waals surface area contributed by atoms with Crippen LogP contribution in [0.25, 0.3) is 44.4 Å². The highest BCUT2D eigenvalue weighted by Crippen LogP contribution is 2.32. The van der Waals surface area contributed by atoms with Crippen LogP contribution in [-0.2, 0) is 7.05 Å². The normalized spacial score (nSPS) is 11.5. The van der Waals surface area contributed by atoms with E-state index >= 15 is 0 Å². The molecule has 34 heavy (non-hydrogen) atoms. The topological polar surface area (TPSA) is 88.5 Å². The lowest BCUT2D eigenvalue weighted by atomic mass is 10.0. The van der Waals surface area contributed by atoms with E-state index in [9.17, 15) is 4.79 Å². The number of benzene rings is 1. The van der Waals surface area contributed by atoms with Crippen LogP contribution in [0.15, 0.2) is 72.0 Å². The van der Waals surface area contributed by atoms with Crippen LogP contribution in [0, 0.1) is 0 Å². The zero-order valence-corrected chi connectivity index (χ0v) is 18.8. The lowest BCUT2D eigenvalue weighted by Crippen LogP contribution is -2.21. The molecule has 0 fully saturated rings. The first-order chi connectivity index (χ1) is 16.6. The number of methoxy groups -OCH3 is 2. The minimum atomic E-state index is -0.222. The molecule has 5 heterocycles. The highest BCUT2D eigenvalue weighted by atomic mass is 16.5. The summed E-state index contributed by atoms with van der Waals surface area (Å²) in [5.41, 5.74) is 5.42. The van der Waals surface area contributed by atoms with Gasteiger partial charge >= 0.3 is 5.69 Å². The van der Waals surface area contributed by atoms with Gasteiger partial charge in [-0.25, -0.2) is 9.78 Å². The Kier molecular flexibility index (Phi) is 4.38. The number of fused-ring (bicyclic) bond motifs is 4. The fraction of sp³-hybridized carbons (Fsp3) is 0.120. The van der Waals surface area contributed by atoms with Crippen molar-refractivity contribution in [1.29, 1.82) is 0 Å². The van der Waals surface area contributed by atoms with Crippen LogP contribution in [0.5, 0.6) is 11.8 Å². The molecular formula is C25H20N6O3. The highest BCUT2D eigenvalue weighted by molar-refractivity contribution is 6.04. The van der Waals surface area contributed by atoms with Gasteiger partial charge in [0.05, 0.1) is 37.0 Å². The first-order valence-electron chi connectivity index (χ1n) is 10.6. The molecule has 0 saturated carbocycles. The third kappa shape index (κ3) is 2.87. The number of aromatic nitrogens is 6. The summed E-state index contributed by atoms with van der Waals surface area (Å²) in [5, 5.41) is 0.844. The number of rotatable bonds is 4. The van der Waals surface area contributed by atoms with Gasteiger partial charge < -0.3 is 13.9 Å². The van der Waals surface area contributed by atoms with Gasteiger partial charge in [0.2, 0.25) is 11.8 Å². The second kappa shape index (κ2) is 7.45. The van der Waals surface area contributed by atoms with E-state index < -0.39 is 0 Å². The van der Waals surface area contributed by atoms with Crippen LogP contribution in [0.3, 0.4) is 0 Å². The lowest BCUT2D eigenvalue weighted by molar-refractivity contribution is 0.363. The summed E-state index contributed by atoms with van der Waals surface area (Å²) in [4.78, 5) is 26.7. The molecule has 0 bridgehead atoms. The molecule has 6 rings (SSSR count). The first-order valence-corrected chi connectivity index (χ1v) is 10.6. The van der Waals surface area contributed by atoms with Crippen LogP contribution >= 0.6 is 0 Å². The largest absolute Gasteiger partial charge is 0.481 e. The summed E-state index contributed by atoms with van der Waals surface area (Å²) >= 11 is 0. The van der Waals surface area contributed by atoms with E-state index in [2.05, 4.69) is 21.0 Å². The molecule has 0 radical (unpaired) electrons. The summed E-state index contributed by atoms with van der Waals surface area (Å²) < 4.78 is 15.9. The van der Waals surface area contributed by atoms with Crippen molar-refractivity contribution in [3.8, 4) is 28.6 Å². The molecule has 0 N–H and O–H groups in total. The monoisotopic (exact) mass is 452 g/mol. The van der Waals surface area contributed by atoms with Crippen molar-refractivity contribution in [2.75, 3.05) is 14.2 Å². The Labute approximate surface area is 193 Å². The third-order valence-corrected chi connectivity index (χ3v) is 6.06. The number of aryl methyl sites for hydroxylation is 1. The van der Waals surface area contributed by atoms with Gasteiger partial charge in [0.1, 0.15) is 11.3 Å². The van der Waals surface area contributed by atoms with Crippen molar-refractivity contribution in [1.82, 2.24) is 28.5 Å². The van der Waals surface area contributed by atoms with E-state index in [1.165, 1.54) is 14.2 Å². The summed E-state index contributed by atoms with van der Waals surface area (Å²) in [7, 11) is 4.79. The summed E-state index contributed by atoms with van der Waals surface area (Å²) in [5.74, 6) is 0.693. The van der Waals surface area contributed by atoms with Crippen molar-refractivity contribution >= 4 is 27.6 Å². The minimum absolute atomic E-state index is 0.222. The van der Waals surface area contributed by atoms with Gasteiger partial charge in [-0.3, -0.25) is 14.1 Å². The van der Waals surface area contributed by atoms with Crippen molar-refractivity contribution in [3.05, 3.63) is 77.7 Å². The number of ether oxygens (including phenoxy) is 2. The predicted octanol–water partition coefficient (Wildman–Crippen LogP) is 3.60. The van der Waals surface area contributed by atoms with Crippen molar-refractivity contribution < 1.29 is 9.47 Å². The molecule has 0 atom stereocenters. The quantitative estimate of drug-likeness (QED) is 0.406. The van der Waals surface area contributed by atoms with Crippen LogP contribution in [0.2, 0.25) is 0 Å². The molecule has 0 amide bonds. The molecule has 1 aromatic carbocycles. The second-order valence-corrected chi connectivity index (χ2v) is 7.89. The van der Waals surface area contributed by atoms with E-state index in [0.29, 0.717) is 23.0 Å². The number of hydrogen-bond donors (Lipinski definition) is 0. The van der Waals surface area contributed by atoms with Gasteiger partial charge in [-0.05, 0) is 41.5 Å². The average molecular weight is 452 g/mol. The zero-order chi connectivity index (χ0) is 23.4. The molecule has 9 nitrogen and oxygen atoms in total. The molecule has 0 aliphatic heterocycles. The molecular weight excluding hydrogens is 432 g/mol. The number of pyridine rings is 3. The van der Waals surface area contributed by atoms with Crippen molar-refractivity contribution in [2.45, 2.75) is 0 Å². The van der Waals surface area contributed by atoms with Crippen LogP contribution in [0.1, 0.15) is 0 Å². The molecule has 0 saturated heterocycles. The van der Waals surface area contributed by atoms with Crippen LogP contribution in [0.4, 0.5) is 0 Å². The van der Waals surface area contributed by atoms with Gasteiger partial charge in [-0.2, -0.15) is 4.98 Å². The molecule has 9 heteroatoms. The van der Waals surface area contributed by atoms with Gasteiger partial charge in [0, 0.05) is 37.1 Å². The maximum atomic E-state index is 13.4. The Morgan fingerprint density at radius 3 is 2.62 bits per heavy atom. The minimum Gasteiger partial charge on any atom is -0.481 e. The molecule has 0 spiro atoms. The Morgan fingerprint density at radius 1 is 0.941 bits per heavy atom. The molecule has 0 aliphatic rings. The Bertz CT molecular complexity index is 1780. The Balaban J connectivity index is 1.67. The lowest BCUT2D eigenvalue weighted by Gasteiger charge is -2.11. The van der Waals surface area contributed by atoms with Crippen LogP contribution in [-0.4, -0.2) is 42.7 Å². The summed E-state index contributed by atoms with van der Waals surface area (Å²) in [6.45, 7) is 0. The SMILES string of the molecule is COc1ccc(-n2c(=O)n(C)c3cnc4ccc(-c5ccc6nccn6c5)cc4c32)c(OC)n1. The molecule has 5 aromatic heterocycles. The van der Waals surface area contributed by atoms with Crippen LogP contribution < -0.4 is 15.2 Å². The maximum absolute atomic E-state index is 13.4. The first kappa shape index (κ1) is 20.0. The summed E-state index contributed by atoms with van der Waals surface area (Å²) in [6.07, 6.45) is 7.44. The molecule has 0 unspecified atom stereocenters. The van der Waals surface area contributed by atoms with E-state index in [4.69, 9.17) is 9.47 Å². The van der Waals surface area contributed by atoms with Gasteiger partial charge in [-0.1, -0.05) is 6.07 Å². The van der Waals surface area contributed by atoms with E-state index in [0.717, 1.165) is 33.2 Å². The summed E-state index contributed by atoms with van der Waals surface area (Å²) in [6, 6.07) is 13.5. The van der Waals surface area contributed by atoms with E-state index in [1.807, 2.05) is 41.1 Å². The van der Waals surface area contributed by atoms with E-state index in [1.54, 1.807) is 40.7 Å². The highest BCUT2D eigenvalue weighted by Gasteiger charge is 2.20. The maximum Gasteiger partial charge on any atom is 0.333 e. The van der Waals surface area contributed by atoms with Gasteiger partial charge in [0.25, 0.3) is 0 Å². The van der Waals surface area contributed by atoms with E-state index in [-0.39, 0.29) is 5.69 Å². The molecule has 6 aromatic rings. The predicted molar refractivity (Wildman–Crippen MR) is 129 cm³/mol. The third-order valence-electron chi connectivity index (χ3n) is 6.06. The van der Waals surface area contributed by atoms with Gasteiger partial charge in [-0.15, -0.1) is 0 Å². The van der Waals surface area contributed by atoms with Crippen molar-refractivity contribution in [2.24, 2.45) is 7.05 Å². The fourth-order valence-corrected chi connectivity index (χ4v) is 4.34. The van der Waals surface area contributed by atoms with Crippen molar-refractivity contribution in [3.63, 3.8) is 0 Å².